The predicted molar refractivity (Wildman–Crippen MR) is 115 cm³/mol. The fourth-order valence-corrected chi connectivity index (χ4v) is 3.73. The Morgan fingerprint density at radius 1 is 1.14 bits per heavy atom. The van der Waals surface area contributed by atoms with Gasteiger partial charge in [-0.1, -0.05) is 64.0 Å². The molecule has 1 aromatic rings. The first-order chi connectivity index (χ1) is 13.6. The molecule has 0 spiro atoms. The highest BCUT2D eigenvalue weighted by Crippen LogP contribution is 2.33. The summed E-state index contributed by atoms with van der Waals surface area (Å²) in [5.74, 6) is 1.23. The Morgan fingerprint density at radius 2 is 1.89 bits per heavy atom. The molecular formula is C23H36ClNO3. The van der Waals surface area contributed by atoms with Gasteiger partial charge in [0, 0.05) is 30.0 Å². The zero-order valence-corrected chi connectivity index (χ0v) is 18.2. The molecule has 2 atom stereocenters. The summed E-state index contributed by atoms with van der Waals surface area (Å²) in [4.78, 5) is 12.3. The lowest BCUT2D eigenvalue weighted by molar-refractivity contribution is -0.134. The van der Waals surface area contributed by atoms with Gasteiger partial charge >= 0.3 is 5.97 Å². The van der Waals surface area contributed by atoms with E-state index in [0.717, 1.165) is 38.8 Å². The first kappa shape index (κ1) is 23.0. The Morgan fingerprint density at radius 3 is 2.68 bits per heavy atom. The van der Waals surface area contributed by atoms with Crippen molar-refractivity contribution in [1.29, 1.82) is 0 Å². The first-order valence-corrected chi connectivity index (χ1v) is 11.4. The summed E-state index contributed by atoms with van der Waals surface area (Å²) in [6.45, 7) is 6.36. The number of hydrogen-bond donors (Lipinski definition) is 1. The van der Waals surface area contributed by atoms with Crippen LogP contribution in [0.25, 0.3) is 0 Å². The quantitative estimate of drug-likeness (QED) is 0.270. The molecule has 1 saturated heterocycles. The fourth-order valence-electron chi connectivity index (χ4n) is 3.57. The van der Waals surface area contributed by atoms with Crippen LogP contribution in [0.1, 0.15) is 78.1 Å². The van der Waals surface area contributed by atoms with Crippen molar-refractivity contribution in [2.75, 3.05) is 13.1 Å². The SMILES string of the molecule is CCCCCCCCCC(=O)Oc1cc(Cl)ccc1OC1CCCNCC1C. The topological polar surface area (TPSA) is 47.6 Å². The average molecular weight is 410 g/mol. The second-order valence-corrected chi connectivity index (χ2v) is 8.35. The van der Waals surface area contributed by atoms with Crippen molar-refractivity contribution in [1.82, 2.24) is 5.32 Å². The Labute approximate surface area is 175 Å². The third-order valence-electron chi connectivity index (χ3n) is 5.34. The molecule has 1 fully saturated rings. The Bertz CT molecular complexity index is 593. The van der Waals surface area contributed by atoms with Crippen molar-refractivity contribution in [3.8, 4) is 11.5 Å². The molecule has 1 heterocycles. The molecule has 1 aromatic carbocycles. The molecule has 0 radical (unpaired) electrons. The van der Waals surface area contributed by atoms with E-state index in [0.29, 0.717) is 28.9 Å². The molecule has 4 nitrogen and oxygen atoms in total. The van der Waals surface area contributed by atoms with E-state index in [1.807, 2.05) is 6.07 Å². The Kier molecular flexibility index (Phi) is 10.7. The van der Waals surface area contributed by atoms with Gasteiger partial charge in [0.05, 0.1) is 0 Å². The number of carbonyl (C=O) groups excluding carboxylic acids is 1. The second-order valence-electron chi connectivity index (χ2n) is 7.92. The van der Waals surface area contributed by atoms with E-state index in [9.17, 15) is 4.79 Å². The number of carbonyl (C=O) groups is 1. The molecule has 1 N–H and O–H groups in total. The van der Waals surface area contributed by atoms with Gasteiger partial charge < -0.3 is 14.8 Å². The van der Waals surface area contributed by atoms with Gasteiger partial charge in [0.2, 0.25) is 0 Å². The zero-order chi connectivity index (χ0) is 20.2. The number of ether oxygens (including phenoxy) is 2. The minimum Gasteiger partial charge on any atom is -0.486 e. The van der Waals surface area contributed by atoms with Crippen molar-refractivity contribution in [2.24, 2.45) is 5.92 Å². The van der Waals surface area contributed by atoms with Crippen LogP contribution in [0.15, 0.2) is 18.2 Å². The third-order valence-corrected chi connectivity index (χ3v) is 5.57. The minimum atomic E-state index is -0.212. The summed E-state index contributed by atoms with van der Waals surface area (Å²) < 4.78 is 11.9. The lowest BCUT2D eigenvalue weighted by Crippen LogP contribution is -2.29. The predicted octanol–water partition coefficient (Wildman–Crippen LogP) is 6.15. The molecule has 0 amide bonds. The van der Waals surface area contributed by atoms with Crippen LogP contribution in [0.3, 0.4) is 0 Å². The Hall–Kier alpha value is -1.26. The van der Waals surface area contributed by atoms with E-state index in [1.165, 1.54) is 32.1 Å². The molecule has 0 aliphatic carbocycles. The maximum Gasteiger partial charge on any atom is 0.311 e. The maximum absolute atomic E-state index is 12.3. The molecule has 1 aliphatic rings. The molecule has 2 unspecified atom stereocenters. The molecule has 5 heteroatoms. The van der Waals surface area contributed by atoms with Gasteiger partial charge in [0.15, 0.2) is 11.5 Å². The normalized spacial score (nSPS) is 19.8. The smallest absolute Gasteiger partial charge is 0.311 e. The highest BCUT2D eigenvalue weighted by Gasteiger charge is 2.23. The van der Waals surface area contributed by atoms with Gasteiger partial charge in [-0.05, 0) is 37.9 Å². The number of rotatable bonds is 11. The largest absolute Gasteiger partial charge is 0.486 e. The summed E-state index contributed by atoms with van der Waals surface area (Å²) in [7, 11) is 0. The molecule has 0 bridgehead atoms. The molecular weight excluding hydrogens is 374 g/mol. The zero-order valence-electron chi connectivity index (χ0n) is 17.5. The van der Waals surface area contributed by atoms with E-state index in [-0.39, 0.29) is 12.1 Å². The summed E-state index contributed by atoms with van der Waals surface area (Å²) in [5, 5.41) is 3.97. The molecule has 2 rings (SSSR count). The fraction of sp³-hybridized carbons (Fsp3) is 0.696. The van der Waals surface area contributed by atoms with Crippen LogP contribution in [0.4, 0.5) is 0 Å². The highest BCUT2D eigenvalue weighted by atomic mass is 35.5. The van der Waals surface area contributed by atoms with Gasteiger partial charge in [-0.15, -0.1) is 0 Å². The van der Waals surface area contributed by atoms with E-state index in [1.54, 1.807) is 12.1 Å². The molecule has 1 aliphatic heterocycles. The van der Waals surface area contributed by atoms with Crippen LogP contribution in [-0.4, -0.2) is 25.2 Å². The summed E-state index contributed by atoms with van der Waals surface area (Å²) in [6, 6.07) is 5.27. The molecule has 0 aromatic heterocycles. The van der Waals surface area contributed by atoms with E-state index in [4.69, 9.17) is 21.1 Å². The van der Waals surface area contributed by atoms with Gasteiger partial charge in [0.1, 0.15) is 6.10 Å². The van der Waals surface area contributed by atoms with Crippen LogP contribution < -0.4 is 14.8 Å². The number of unbranched alkanes of at least 4 members (excludes halogenated alkanes) is 6. The van der Waals surface area contributed by atoms with Gasteiger partial charge in [0.25, 0.3) is 0 Å². The minimum absolute atomic E-state index is 0.108. The number of esters is 1. The van der Waals surface area contributed by atoms with Crippen molar-refractivity contribution >= 4 is 17.6 Å². The van der Waals surface area contributed by atoms with Crippen molar-refractivity contribution in [2.45, 2.75) is 84.2 Å². The number of benzene rings is 1. The lowest BCUT2D eigenvalue weighted by Gasteiger charge is -2.24. The van der Waals surface area contributed by atoms with Crippen LogP contribution >= 0.6 is 11.6 Å². The number of hydrogen-bond acceptors (Lipinski definition) is 4. The first-order valence-electron chi connectivity index (χ1n) is 11.0. The Balaban J connectivity index is 1.84. The summed E-state index contributed by atoms with van der Waals surface area (Å²) in [6.07, 6.45) is 10.8. The molecule has 158 valence electrons. The van der Waals surface area contributed by atoms with E-state index in [2.05, 4.69) is 19.2 Å². The third kappa shape index (κ3) is 8.40. The van der Waals surface area contributed by atoms with Crippen LogP contribution in [-0.2, 0) is 4.79 Å². The van der Waals surface area contributed by atoms with Crippen LogP contribution in [0.2, 0.25) is 5.02 Å². The highest BCUT2D eigenvalue weighted by molar-refractivity contribution is 6.30. The van der Waals surface area contributed by atoms with Crippen molar-refractivity contribution in [3.63, 3.8) is 0 Å². The summed E-state index contributed by atoms with van der Waals surface area (Å²) >= 11 is 6.13. The van der Waals surface area contributed by atoms with Gasteiger partial charge in [-0.3, -0.25) is 4.79 Å². The van der Waals surface area contributed by atoms with E-state index >= 15 is 0 Å². The lowest BCUT2D eigenvalue weighted by atomic mass is 10.0. The number of halogens is 1. The standard InChI is InChI=1S/C23H36ClNO3/c1-3-4-5-6-7-8-9-12-23(26)28-22-16-19(24)13-14-21(22)27-20-11-10-15-25-17-18(20)2/h13-14,16,18,20,25H,3-12,15,17H2,1-2H3. The number of nitrogens with one attached hydrogen (secondary N) is 1. The van der Waals surface area contributed by atoms with Crippen LogP contribution in [0.5, 0.6) is 11.5 Å². The van der Waals surface area contributed by atoms with Crippen molar-refractivity contribution in [3.05, 3.63) is 23.2 Å². The monoisotopic (exact) mass is 409 g/mol. The maximum atomic E-state index is 12.3. The molecule has 0 saturated carbocycles. The summed E-state index contributed by atoms with van der Waals surface area (Å²) in [5.41, 5.74) is 0. The van der Waals surface area contributed by atoms with Gasteiger partial charge in [-0.25, -0.2) is 0 Å². The van der Waals surface area contributed by atoms with Crippen LogP contribution in [0, 0.1) is 5.92 Å². The van der Waals surface area contributed by atoms with Gasteiger partial charge in [-0.2, -0.15) is 0 Å². The second kappa shape index (κ2) is 13.1. The molecule has 28 heavy (non-hydrogen) atoms. The average Bonchev–Trinajstić information content (AvgIpc) is 2.87. The van der Waals surface area contributed by atoms with Crippen molar-refractivity contribution < 1.29 is 14.3 Å². The van der Waals surface area contributed by atoms with E-state index < -0.39 is 0 Å².